The summed E-state index contributed by atoms with van der Waals surface area (Å²) < 4.78 is 0. The molecule has 98 valence electrons. The molecule has 2 heteroatoms. The van der Waals surface area contributed by atoms with Crippen LogP contribution < -0.4 is 0 Å². The van der Waals surface area contributed by atoms with Crippen LogP contribution in [0.3, 0.4) is 0 Å². The predicted octanol–water partition coefficient (Wildman–Crippen LogP) is 2.52. The van der Waals surface area contributed by atoms with E-state index in [2.05, 4.69) is 19.0 Å². The Kier molecular flexibility index (Phi) is 2.99. The number of aliphatic hydroxyl groups is 1. The van der Waals surface area contributed by atoms with Crippen LogP contribution in [0.15, 0.2) is 0 Å². The van der Waals surface area contributed by atoms with Gasteiger partial charge in [0.25, 0.3) is 0 Å². The largest absolute Gasteiger partial charge is 0.394 e. The van der Waals surface area contributed by atoms with E-state index < -0.39 is 0 Å². The smallest absolute Gasteiger partial charge is 0.0618 e. The second kappa shape index (κ2) is 4.24. The lowest BCUT2D eigenvalue weighted by Gasteiger charge is -2.53. The van der Waals surface area contributed by atoms with Crippen LogP contribution in [0.1, 0.15) is 44.9 Å². The van der Waals surface area contributed by atoms with Gasteiger partial charge in [-0.05, 0) is 63.5 Å². The van der Waals surface area contributed by atoms with E-state index in [-0.39, 0.29) is 5.54 Å². The first kappa shape index (κ1) is 12.0. The molecule has 0 amide bonds. The lowest BCUT2D eigenvalue weighted by Crippen LogP contribution is -2.60. The molecule has 0 aromatic heterocycles. The summed E-state index contributed by atoms with van der Waals surface area (Å²) in [5.74, 6) is 3.80. The maximum Gasteiger partial charge on any atom is 0.0618 e. The zero-order chi connectivity index (χ0) is 12.0. The van der Waals surface area contributed by atoms with Crippen molar-refractivity contribution in [2.24, 2.45) is 23.7 Å². The van der Waals surface area contributed by atoms with Gasteiger partial charge in [0.2, 0.25) is 0 Å². The summed E-state index contributed by atoms with van der Waals surface area (Å²) in [5, 5.41) is 9.74. The third-order valence-corrected chi connectivity index (χ3v) is 6.10. The number of hydrogen-bond donors (Lipinski definition) is 1. The van der Waals surface area contributed by atoms with Gasteiger partial charge in [0.15, 0.2) is 0 Å². The van der Waals surface area contributed by atoms with E-state index >= 15 is 0 Å². The number of nitrogens with zero attached hydrogens (tertiary/aromatic N) is 1. The molecular formula is C15H27NO. The third-order valence-electron chi connectivity index (χ3n) is 6.10. The Morgan fingerprint density at radius 2 is 2.00 bits per heavy atom. The van der Waals surface area contributed by atoms with E-state index in [1.54, 1.807) is 0 Å². The van der Waals surface area contributed by atoms with E-state index in [9.17, 15) is 5.11 Å². The molecule has 3 aliphatic rings. The molecule has 3 fully saturated rings. The molecule has 17 heavy (non-hydrogen) atoms. The maximum absolute atomic E-state index is 9.74. The molecule has 0 saturated heterocycles. The highest BCUT2D eigenvalue weighted by molar-refractivity contribution is 5.10. The van der Waals surface area contributed by atoms with Crippen molar-refractivity contribution in [2.75, 3.05) is 20.7 Å². The number of rotatable bonds is 5. The van der Waals surface area contributed by atoms with Crippen molar-refractivity contribution < 1.29 is 5.11 Å². The Morgan fingerprint density at radius 3 is 2.41 bits per heavy atom. The fraction of sp³-hybridized carbons (Fsp3) is 1.00. The Hall–Kier alpha value is -0.0800. The van der Waals surface area contributed by atoms with Crippen LogP contribution in [0.25, 0.3) is 0 Å². The van der Waals surface area contributed by atoms with Crippen molar-refractivity contribution in [3.05, 3.63) is 0 Å². The van der Waals surface area contributed by atoms with Crippen LogP contribution in [0.4, 0.5) is 0 Å². The second-order valence-corrected chi connectivity index (χ2v) is 6.99. The quantitative estimate of drug-likeness (QED) is 0.794. The highest BCUT2D eigenvalue weighted by Crippen LogP contribution is 2.59. The van der Waals surface area contributed by atoms with Crippen molar-refractivity contribution in [1.82, 2.24) is 4.90 Å². The summed E-state index contributed by atoms with van der Waals surface area (Å²) in [6.07, 6.45) is 9.97. The van der Waals surface area contributed by atoms with Gasteiger partial charge in [0.1, 0.15) is 0 Å². The summed E-state index contributed by atoms with van der Waals surface area (Å²) >= 11 is 0. The first-order valence-electron chi connectivity index (χ1n) is 7.45. The average Bonchev–Trinajstić information content (AvgIpc) is 2.90. The van der Waals surface area contributed by atoms with Gasteiger partial charge in [-0.2, -0.15) is 0 Å². The molecule has 1 N–H and O–H groups in total. The van der Waals surface area contributed by atoms with E-state index in [4.69, 9.17) is 0 Å². The topological polar surface area (TPSA) is 23.5 Å². The SMILES string of the molecule is CN(C)C1(CO)CCC1[C@H]1C[C@@H]1CC1CCC1. The molecule has 0 heterocycles. The van der Waals surface area contributed by atoms with Crippen LogP contribution in [-0.4, -0.2) is 36.2 Å². The fourth-order valence-electron chi connectivity index (χ4n) is 4.34. The van der Waals surface area contributed by atoms with Gasteiger partial charge in [-0.1, -0.05) is 19.3 Å². The van der Waals surface area contributed by atoms with Gasteiger partial charge >= 0.3 is 0 Å². The monoisotopic (exact) mass is 237 g/mol. The van der Waals surface area contributed by atoms with Gasteiger partial charge in [0, 0.05) is 5.54 Å². The molecule has 3 rings (SSSR count). The first-order valence-corrected chi connectivity index (χ1v) is 7.45. The number of aliphatic hydroxyl groups excluding tert-OH is 1. The minimum absolute atomic E-state index is 0.138. The summed E-state index contributed by atoms with van der Waals surface area (Å²) in [6, 6.07) is 0. The molecule has 0 aromatic carbocycles. The normalized spacial score (nSPS) is 45.5. The van der Waals surface area contributed by atoms with Crippen LogP contribution in [0.2, 0.25) is 0 Å². The van der Waals surface area contributed by atoms with E-state index in [0.29, 0.717) is 6.61 Å². The van der Waals surface area contributed by atoms with Crippen molar-refractivity contribution in [2.45, 2.75) is 50.5 Å². The van der Waals surface area contributed by atoms with Crippen LogP contribution in [0.5, 0.6) is 0 Å². The number of likely N-dealkylation sites (N-methyl/N-ethyl adjacent to an activating group) is 1. The fourth-order valence-corrected chi connectivity index (χ4v) is 4.34. The molecule has 4 atom stereocenters. The Bertz CT molecular complexity index is 283. The minimum Gasteiger partial charge on any atom is -0.394 e. The van der Waals surface area contributed by atoms with Gasteiger partial charge in [-0.25, -0.2) is 0 Å². The molecule has 0 spiro atoms. The lowest BCUT2D eigenvalue weighted by atomic mass is 9.63. The number of hydrogen-bond acceptors (Lipinski definition) is 2. The van der Waals surface area contributed by atoms with E-state index in [1.165, 1.54) is 44.9 Å². The molecular weight excluding hydrogens is 210 g/mol. The van der Waals surface area contributed by atoms with Gasteiger partial charge in [-0.3, -0.25) is 0 Å². The zero-order valence-electron chi connectivity index (χ0n) is 11.4. The molecule has 0 radical (unpaired) electrons. The molecule has 2 unspecified atom stereocenters. The molecule has 2 nitrogen and oxygen atoms in total. The van der Waals surface area contributed by atoms with E-state index in [0.717, 1.165) is 23.7 Å². The van der Waals surface area contributed by atoms with Crippen LogP contribution in [0, 0.1) is 23.7 Å². The van der Waals surface area contributed by atoms with Gasteiger partial charge < -0.3 is 10.0 Å². The lowest BCUT2D eigenvalue weighted by molar-refractivity contribution is -0.0672. The van der Waals surface area contributed by atoms with Crippen molar-refractivity contribution in [3.63, 3.8) is 0 Å². The predicted molar refractivity (Wildman–Crippen MR) is 69.8 cm³/mol. The summed E-state index contributed by atoms with van der Waals surface area (Å²) in [5.41, 5.74) is 0.138. The minimum atomic E-state index is 0.138. The van der Waals surface area contributed by atoms with E-state index in [1.807, 2.05) is 0 Å². The van der Waals surface area contributed by atoms with Crippen LogP contribution in [-0.2, 0) is 0 Å². The standard InChI is InChI=1S/C15H27NO/c1-16(2)15(10-17)7-6-14(15)13-9-12(13)8-11-4-3-5-11/h11-14,17H,3-10H2,1-2H3/t12-,13-,14?,15?/m0/s1. The van der Waals surface area contributed by atoms with Crippen molar-refractivity contribution >= 4 is 0 Å². The maximum atomic E-state index is 9.74. The Balaban J connectivity index is 1.55. The van der Waals surface area contributed by atoms with Gasteiger partial charge in [0.05, 0.1) is 6.61 Å². The van der Waals surface area contributed by atoms with Crippen LogP contribution >= 0.6 is 0 Å². The second-order valence-electron chi connectivity index (χ2n) is 6.99. The molecule has 3 saturated carbocycles. The Labute approximate surface area is 105 Å². The van der Waals surface area contributed by atoms with Gasteiger partial charge in [-0.15, -0.1) is 0 Å². The van der Waals surface area contributed by atoms with Crippen molar-refractivity contribution in [1.29, 1.82) is 0 Å². The van der Waals surface area contributed by atoms with Crippen molar-refractivity contribution in [3.8, 4) is 0 Å². The molecule has 3 aliphatic carbocycles. The molecule has 0 aromatic rings. The molecule has 0 bridgehead atoms. The first-order chi connectivity index (χ1) is 8.17. The average molecular weight is 237 g/mol. The Morgan fingerprint density at radius 1 is 1.24 bits per heavy atom. The zero-order valence-corrected chi connectivity index (χ0v) is 11.4. The summed E-state index contributed by atoms with van der Waals surface area (Å²) in [7, 11) is 4.29. The highest BCUT2D eigenvalue weighted by Gasteiger charge is 2.57. The molecule has 0 aliphatic heterocycles. The summed E-state index contributed by atoms with van der Waals surface area (Å²) in [4.78, 5) is 2.29. The summed E-state index contributed by atoms with van der Waals surface area (Å²) in [6.45, 7) is 0.358. The third kappa shape index (κ3) is 1.84. The highest BCUT2D eigenvalue weighted by atomic mass is 16.3.